The Morgan fingerprint density at radius 3 is 2.86 bits per heavy atom. The second-order valence-corrected chi connectivity index (χ2v) is 7.65. The number of aliphatic hydroxyl groups is 1. The van der Waals surface area contributed by atoms with Crippen LogP contribution in [0.5, 0.6) is 0 Å². The topological polar surface area (TPSA) is 29.5 Å². The van der Waals surface area contributed by atoms with Crippen LogP contribution in [0.1, 0.15) is 37.4 Å². The molecule has 2 heterocycles. The number of ether oxygens (including phenoxy) is 1. The summed E-state index contributed by atoms with van der Waals surface area (Å²) in [7, 11) is 0. The molecule has 0 aromatic heterocycles. The number of halogens is 2. The molecule has 1 spiro atoms. The van der Waals surface area contributed by atoms with E-state index in [-0.39, 0.29) is 16.5 Å². The normalized spacial score (nSPS) is 26.7. The quantitative estimate of drug-likeness (QED) is 0.881. The minimum atomic E-state index is -0.646. The van der Waals surface area contributed by atoms with Gasteiger partial charge < -0.3 is 9.84 Å². The van der Waals surface area contributed by atoms with Crippen LogP contribution in [0.15, 0.2) is 18.2 Å². The third-order valence-corrected chi connectivity index (χ3v) is 5.96. The summed E-state index contributed by atoms with van der Waals surface area (Å²) in [4.78, 5) is 0. The van der Waals surface area contributed by atoms with Gasteiger partial charge >= 0.3 is 0 Å². The Morgan fingerprint density at radius 1 is 1.38 bits per heavy atom. The Bertz CT molecular complexity index is 500. The van der Waals surface area contributed by atoms with Gasteiger partial charge in [-0.3, -0.25) is 0 Å². The second-order valence-electron chi connectivity index (χ2n) is 6.02. The highest BCUT2D eigenvalue weighted by atomic mass is 35.5. The van der Waals surface area contributed by atoms with Gasteiger partial charge in [-0.25, -0.2) is 4.39 Å². The summed E-state index contributed by atoms with van der Waals surface area (Å²) < 4.78 is 19.6. The molecule has 0 radical (unpaired) electrons. The molecule has 2 atom stereocenters. The predicted octanol–water partition coefficient (Wildman–Crippen LogP) is 4.20. The van der Waals surface area contributed by atoms with E-state index in [0.29, 0.717) is 12.2 Å². The third kappa shape index (κ3) is 3.39. The lowest BCUT2D eigenvalue weighted by atomic mass is 9.78. The van der Waals surface area contributed by atoms with Crippen LogP contribution in [0, 0.1) is 11.7 Å². The second kappa shape index (κ2) is 6.45. The number of thioether (sulfide) groups is 1. The molecule has 2 aliphatic rings. The molecule has 1 N–H and O–H groups in total. The van der Waals surface area contributed by atoms with Gasteiger partial charge in [-0.05, 0) is 60.8 Å². The van der Waals surface area contributed by atoms with E-state index in [1.54, 1.807) is 6.07 Å². The van der Waals surface area contributed by atoms with Gasteiger partial charge in [0, 0.05) is 6.61 Å². The number of rotatable bonds is 2. The zero-order chi connectivity index (χ0) is 14.9. The van der Waals surface area contributed by atoms with Crippen molar-refractivity contribution < 1.29 is 14.2 Å². The lowest BCUT2D eigenvalue weighted by Crippen LogP contribution is -2.44. The van der Waals surface area contributed by atoms with E-state index in [1.807, 2.05) is 11.8 Å². The third-order valence-electron chi connectivity index (χ3n) is 4.67. The number of hydrogen-bond donors (Lipinski definition) is 1. The maximum Gasteiger partial charge on any atom is 0.142 e. The highest BCUT2D eigenvalue weighted by molar-refractivity contribution is 7.99. The Morgan fingerprint density at radius 2 is 2.14 bits per heavy atom. The molecule has 0 amide bonds. The van der Waals surface area contributed by atoms with Crippen molar-refractivity contribution in [2.24, 2.45) is 5.92 Å². The fourth-order valence-electron chi connectivity index (χ4n) is 3.40. The molecule has 0 saturated carbocycles. The molecule has 21 heavy (non-hydrogen) atoms. The molecule has 2 unspecified atom stereocenters. The summed E-state index contributed by atoms with van der Waals surface area (Å²) in [6, 6.07) is 4.59. The first kappa shape index (κ1) is 15.6. The van der Waals surface area contributed by atoms with Gasteiger partial charge in [0.15, 0.2) is 0 Å². The minimum absolute atomic E-state index is 0.0693. The zero-order valence-corrected chi connectivity index (χ0v) is 13.4. The van der Waals surface area contributed by atoms with Crippen molar-refractivity contribution in [3.8, 4) is 0 Å². The van der Waals surface area contributed by atoms with Gasteiger partial charge in [-0.1, -0.05) is 17.7 Å². The van der Waals surface area contributed by atoms with E-state index >= 15 is 0 Å². The summed E-state index contributed by atoms with van der Waals surface area (Å²) in [5.74, 6) is 1.91. The lowest BCUT2D eigenvalue weighted by molar-refractivity contribution is -0.121. The van der Waals surface area contributed by atoms with Crippen LogP contribution < -0.4 is 0 Å². The SMILES string of the molecule is OC(c1ccc(Cl)c(F)c1)C1CCOC2(CCSCC2)C1. The average Bonchev–Trinajstić information content (AvgIpc) is 2.50. The standard InChI is InChI=1S/C16H20ClFO2S/c17-13-2-1-11(9-14(13)18)15(19)12-3-6-20-16(10-12)4-7-21-8-5-16/h1-2,9,12,15,19H,3-8,10H2. The predicted molar refractivity (Wildman–Crippen MR) is 84.3 cm³/mol. The van der Waals surface area contributed by atoms with Gasteiger partial charge in [-0.2, -0.15) is 11.8 Å². The van der Waals surface area contributed by atoms with Crippen molar-refractivity contribution in [2.75, 3.05) is 18.1 Å². The average molecular weight is 331 g/mol. The van der Waals surface area contributed by atoms with Gasteiger partial charge in [0.25, 0.3) is 0 Å². The summed E-state index contributed by atoms with van der Waals surface area (Å²) in [6.45, 7) is 0.683. The Balaban J connectivity index is 1.74. The monoisotopic (exact) mass is 330 g/mol. The van der Waals surface area contributed by atoms with Crippen molar-refractivity contribution in [3.05, 3.63) is 34.6 Å². The molecule has 2 aliphatic heterocycles. The van der Waals surface area contributed by atoms with Crippen LogP contribution in [-0.2, 0) is 4.74 Å². The summed E-state index contributed by atoms with van der Waals surface area (Å²) in [6.07, 6.45) is 3.14. The van der Waals surface area contributed by atoms with E-state index in [1.165, 1.54) is 12.1 Å². The minimum Gasteiger partial charge on any atom is -0.388 e. The molecule has 2 saturated heterocycles. The van der Waals surface area contributed by atoms with E-state index in [9.17, 15) is 9.50 Å². The smallest absolute Gasteiger partial charge is 0.142 e. The van der Waals surface area contributed by atoms with Gasteiger partial charge in [-0.15, -0.1) is 0 Å². The van der Waals surface area contributed by atoms with Gasteiger partial charge in [0.2, 0.25) is 0 Å². The molecule has 0 aliphatic carbocycles. The fraction of sp³-hybridized carbons (Fsp3) is 0.625. The Labute approximate surface area is 134 Å². The van der Waals surface area contributed by atoms with Crippen LogP contribution in [0.25, 0.3) is 0 Å². The molecule has 1 aromatic carbocycles. The van der Waals surface area contributed by atoms with E-state index in [4.69, 9.17) is 16.3 Å². The largest absolute Gasteiger partial charge is 0.388 e. The van der Waals surface area contributed by atoms with Crippen molar-refractivity contribution in [1.82, 2.24) is 0 Å². The zero-order valence-electron chi connectivity index (χ0n) is 11.9. The van der Waals surface area contributed by atoms with Crippen molar-refractivity contribution in [2.45, 2.75) is 37.4 Å². The van der Waals surface area contributed by atoms with Crippen molar-refractivity contribution >= 4 is 23.4 Å². The van der Waals surface area contributed by atoms with E-state index in [2.05, 4.69) is 0 Å². The van der Waals surface area contributed by atoms with Crippen LogP contribution in [-0.4, -0.2) is 28.8 Å². The maximum absolute atomic E-state index is 13.6. The molecular formula is C16H20ClFO2S. The van der Waals surface area contributed by atoms with Crippen molar-refractivity contribution in [3.63, 3.8) is 0 Å². The van der Waals surface area contributed by atoms with Crippen molar-refractivity contribution in [1.29, 1.82) is 0 Å². The summed E-state index contributed by atoms with van der Waals surface area (Å²) in [5, 5.41) is 10.7. The molecule has 2 nitrogen and oxygen atoms in total. The Hall–Kier alpha value is -0.290. The highest BCUT2D eigenvalue weighted by Crippen LogP contribution is 2.43. The van der Waals surface area contributed by atoms with E-state index < -0.39 is 11.9 Å². The molecule has 3 rings (SSSR count). The first-order valence-electron chi connectivity index (χ1n) is 7.44. The molecular weight excluding hydrogens is 311 g/mol. The highest BCUT2D eigenvalue weighted by Gasteiger charge is 2.41. The fourth-order valence-corrected chi connectivity index (χ4v) is 4.75. The number of aliphatic hydroxyl groups excluding tert-OH is 1. The molecule has 116 valence electrons. The van der Waals surface area contributed by atoms with E-state index in [0.717, 1.165) is 37.2 Å². The summed E-state index contributed by atoms with van der Waals surface area (Å²) >= 11 is 7.67. The molecule has 5 heteroatoms. The van der Waals surface area contributed by atoms with Crippen LogP contribution in [0.4, 0.5) is 4.39 Å². The summed E-state index contributed by atoms with van der Waals surface area (Å²) in [5.41, 5.74) is 0.546. The Kier molecular flexibility index (Phi) is 4.79. The van der Waals surface area contributed by atoms with Gasteiger partial charge in [0.05, 0.1) is 16.7 Å². The molecule has 2 fully saturated rings. The molecule has 0 bridgehead atoms. The first-order valence-corrected chi connectivity index (χ1v) is 8.98. The maximum atomic E-state index is 13.6. The number of benzene rings is 1. The van der Waals surface area contributed by atoms with Gasteiger partial charge in [0.1, 0.15) is 5.82 Å². The van der Waals surface area contributed by atoms with Crippen LogP contribution >= 0.6 is 23.4 Å². The lowest BCUT2D eigenvalue weighted by Gasteiger charge is -2.44. The molecule has 1 aromatic rings. The first-order chi connectivity index (χ1) is 10.1. The number of hydrogen-bond acceptors (Lipinski definition) is 3. The van der Waals surface area contributed by atoms with Crippen LogP contribution in [0.2, 0.25) is 5.02 Å². The van der Waals surface area contributed by atoms with Crippen LogP contribution in [0.3, 0.4) is 0 Å².